The van der Waals surface area contributed by atoms with Gasteiger partial charge in [-0.3, -0.25) is 0 Å². The Labute approximate surface area is 130 Å². The van der Waals surface area contributed by atoms with Crippen LogP contribution < -0.4 is 10.6 Å². The molecule has 21 heavy (non-hydrogen) atoms. The van der Waals surface area contributed by atoms with Crippen LogP contribution in [0.4, 0.5) is 10.1 Å². The first-order chi connectivity index (χ1) is 9.97. The number of hydrogen-bond acceptors (Lipinski definition) is 2. The molecule has 2 aromatic carbocycles. The van der Waals surface area contributed by atoms with Crippen LogP contribution in [0.2, 0.25) is 5.02 Å². The largest absolute Gasteiger partial charge is 0.368 e. The summed E-state index contributed by atoms with van der Waals surface area (Å²) in [5, 5.41) is 0.693. The molecule has 4 heteroatoms. The molecule has 2 nitrogen and oxygen atoms in total. The van der Waals surface area contributed by atoms with Gasteiger partial charge in [0.25, 0.3) is 0 Å². The Balaban J connectivity index is 2.16. The minimum absolute atomic E-state index is 0.0242. The second kappa shape index (κ2) is 6.92. The van der Waals surface area contributed by atoms with E-state index < -0.39 is 0 Å². The third kappa shape index (κ3) is 4.19. The molecule has 2 aromatic rings. The van der Waals surface area contributed by atoms with Crippen LogP contribution in [0.15, 0.2) is 42.5 Å². The van der Waals surface area contributed by atoms with Gasteiger partial charge in [-0.2, -0.15) is 0 Å². The molecule has 0 aliphatic rings. The lowest BCUT2D eigenvalue weighted by Gasteiger charge is -2.21. The van der Waals surface area contributed by atoms with E-state index in [-0.39, 0.29) is 11.9 Å². The van der Waals surface area contributed by atoms with Crippen molar-refractivity contribution in [2.45, 2.75) is 25.9 Å². The highest BCUT2D eigenvalue weighted by molar-refractivity contribution is 6.31. The third-order valence-electron chi connectivity index (χ3n) is 3.35. The lowest BCUT2D eigenvalue weighted by Crippen LogP contribution is -2.19. The van der Waals surface area contributed by atoms with Crippen molar-refractivity contribution in [2.24, 2.45) is 5.73 Å². The summed E-state index contributed by atoms with van der Waals surface area (Å²) in [5.41, 5.74) is 8.19. The van der Waals surface area contributed by atoms with E-state index in [1.807, 2.05) is 49.2 Å². The van der Waals surface area contributed by atoms with Crippen LogP contribution in [-0.2, 0) is 13.0 Å². The van der Waals surface area contributed by atoms with E-state index >= 15 is 0 Å². The summed E-state index contributed by atoms with van der Waals surface area (Å²) in [7, 11) is 1.85. The number of benzene rings is 2. The summed E-state index contributed by atoms with van der Waals surface area (Å²) in [6.45, 7) is 2.47. The fourth-order valence-electron chi connectivity index (χ4n) is 2.33. The summed E-state index contributed by atoms with van der Waals surface area (Å²) < 4.78 is 14.2. The van der Waals surface area contributed by atoms with Crippen molar-refractivity contribution in [1.29, 1.82) is 0 Å². The molecule has 0 bridgehead atoms. The van der Waals surface area contributed by atoms with Crippen molar-refractivity contribution >= 4 is 17.3 Å². The van der Waals surface area contributed by atoms with E-state index in [4.69, 9.17) is 17.3 Å². The smallest absolute Gasteiger partial charge is 0.146 e. The molecule has 0 amide bonds. The maximum absolute atomic E-state index is 14.2. The van der Waals surface area contributed by atoms with Gasteiger partial charge in [-0.25, -0.2) is 4.39 Å². The van der Waals surface area contributed by atoms with Crippen molar-refractivity contribution in [1.82, 2.24) is 0 Å². The van der Waals surface area contributed by atoms with Crippen LogP contribution >= 0.6 is 11.6 Å². The molecule has 0 aliphatic heterocycles. The molecule has 0 aromatic heterocycles. The van der Waals surface area contributed by atoms with Gasteiger partial charge in [0.15, 0.2) is 0 Å². The monoisotopic (exact) mass is 306 g/mol. The molecule has 0 fully saturated rings. The van der Waals surface area contributed by atoms with Gasteiger partial charge in [0.2, 0.25) is 0 Å². The van der Waals surface area contributed by atoms with E-state index in [2.05, 4.69) is 0 Å². The molecule has 0 aliphatic carbocycles. The maximum atomic E-state index is 14.2. The predicted molar refractivity (Wildman–Crippen MR) is 87.3 cm³/mol. The van der Waals surface area contributed by atoms with Gasteiger partial charge in [-0.15, -0.1) is 0 Å². The number of anilines is 1. The Morgan fingerprint density at radius 3 is 2.57 bits per heavy atom. The highest BCUT2D eigenvalue weighted by Gasteiger charge is 2.11. The molecule has 1 atom stereocenters. The van der Waals surface area contributed by atoms with Crippen LogP contribution in [0.3, 0.4) is 0 Å². The Morgan fingerprint density at radius 1 is 1.24 bits per heavy atom. The van der Waals surface area contributed by atoms with Gasteiger partial charge in [-0.1, -0.05) is 35.9 Å². The summed E-state index contributed by atoms with van der Waals surface area (Å²) in [4.78, 5) is 1.85. The first kappa shape index (κ1) is 15.8. The minimum atomic E-state index is -0.234. The molecule has 112 valence electrons. The van der Waals surface area contributed by atoms with Gasteiger partial charge < -0.3 is 10.6 Å². The number of nitrogens with zero attached hydrogens (tertiary/aromatic N) is 1. The van der Waals surface area contributed by atoms with Gasteiger partial charge in [0, 0.05) is 24.7 Å². The van der Waals surface area contributed by atoms with E-state index in [1.165, 1.54) is 0 Å². The molecule has 0 saturated carbocycles. The average molecular weight is 307 g/mol. The standard InChI is InChI=1S/C17H20ClFN2/c1-12(20)9-13-7-8-17(16(19)10-13)21(2)11-14-5-3-4-6-15(14)18/h3-8,10,12H,9,11,20H2,1-2H3. The van der Waals surface area contributed by atoms with Crippen LogP contribution in [-0.4, -0.2) is 13.1 Å². The molecule has 2 N–H and O–H groups in total. The topological polar surface area (TPSA) is 29.3 Å². The third-order valence-corrected chi connectivity index (χ3v) is 3.72. The van der Waals surface area contributed by atoms with Crippen LogP contribution in [0, 0.1) is 5.82 Å². The van der Waals surface area contributed by atoms with Gasteiger partial charge in [0.1, 0.15) is 5.82 Å². The molecule has 1 unspecified atom stereocenters. The Morgan fingerprint density at radius 2 is 1.95 bits per heavy atom. The normalized spacial score (nSPS) is 12.2. The van der Waals surface area contributed by atoms with Crippen LogP contribution in [0.1, 0.15) is 18.1 Å². The van der Waals surface area contributed by atoms with Crippen molar-refractivity contribution in [3.63, 3.8) is 0 Å². The van der Waals surface area contributed by atoms with Gasteiger partial charge in [-0.05, 0) is 42.7 Å². The molecule has 0 spiro atoms. The zero-order valence-corrected chi connectivity index (χ0v) is 13.1. The summed E-state index contributed by atoms with van der Waals surface area (Å²) in [5.74, 6) is -0.234. The number of halogens is 2. The Bertz CT molecular complexity index is 613. The van der Waals surface area contributed by atoms with Gasteiger partial charge in [0.05, 0.1) is 5.69 Å². The molecule has 0 saturated heterocycles. The summed E-state index contributed by atoms with van der Waals surface area (Å²) in [6, 6.07) is 12.9. The number of nitrogens with two attached hydrogens (primary N) is 1. The molecule has 0 heterocycles. The SMILES string of the molecule is CC(N)Cc1ccc(N(C)Cc2ccccc2Cl)c(F)c1. The zero-order valence-electron chi connectivity index (χ0n) is 12.3. The van der Waals surface area contributed by atoms with Crippen LogP contribution in [0.25, 0.3) is 0 Å². The highest BCUT2D eigenvalue weighted by Crippen LogP contribution is 2.24. The van der Waals surface area contributed by atoms with Gasteiger partial charge >= 0.3 is 0 Å². The second-order valence-electron chi connectivity index (χ2n) is 5.41. The van der Waals surface area contributed by atoms with E-state index in [0.717, 1.165) is 11.1 Å². The van der Waals surface area contributed by atoms with Crippen molar-refractivity contribution in [3.05, 3.63) is 64.4 Å². The molecule has 0 radical (unpaired) electrons. The first-order valence-corrected chi connectivity index (χ1v) is 7.33. The summed E-state index contributed by atoms with van der Waals surface area (Å²) in [6.07, 6.45) is 0.672. The Hall–Kier alpha value is -1.58. The van der Waals surface area contributed by atoms with Crippen molar-refractivity contribution in [2.75, 3.05) is 11.9 Å². The average Bonchev–Trinajstić information content (AvgIpc) is 2.40. The maximum Gasteiger partial charge on any atom is 0.146 e. The predicted octanol–water partition coefficient (Wildman–Crippen LogP) is 4.01. The zero-order chi connectivity index (χ0) is 15.4. The number of rotatable bonds is 5. The number of hydrogen-bond donors (Lipinski definition) is 1. The highest BCUT2D eigenvalue weighted by atomic mass is 35.5. The Kier molecular flexibility index (Phi) is 5.21. The van der Waals surface area contributed by atoms with E-state index in [0.29, 0.717) is 23.7 Å². The molecular weight excluding hydrogens is 287 g/mol. The molecule has 2 rings (SSSR count). The second-order valence-corrected chi connectivity index (χ2v) is 5.82. The van der Waals surface area contributed by atoms with E-state index in [1.54, 1.807) is 12.1 Å². The van der Waals surface area contributed by atoms with Crippen LogP contribution in [0.5, 0.6) is 0 Å². The summed E-state index contributed by atoms with van der Waals surface area (Å²) >= 11 is 6.14. The fraction of sp³-hybridized carbons (Fsp3) is 0.294. The van der Waals surface area contributed by atoms with Crippen molar-refractivity contribution in [3.8, 4) is 0 Å². The minimum Gasteiger partial charge on any atom is -0.368 e. The molecular formula is C17H20ClFN2. The van der Waals surface area contributed by atoms with E-state index in [9.17, 15) is 4.39 Å². The first-order valence-electron chi connectivity index (χ1n) is 6.96. The fourth-order valence-corrected chi connectivity index (χ4v) is 2.52. The lowest BCUT2D eigenvalue weighted by atomic mass is 10.1. The van der Waals surface area contributed by atoms with Crippen molar-refractivity contribution < 1.29 is 4.39 Å². The lowest BCUT2D eigenvalue weighted by molar-refractivity contribution is 0.617. The quantitative estimate of drug-likeness (QED) is 0.904.